The number of rotatable bonds is 5. The van der Waals surface area contributed by atoms with Crippen LogP contribution in [0.4, 0.5) is 0 Å². The van der Waals surface area contributed by atoms with Crippen molar-refractivity contribution < 1.29 is 9.53 Å². The molecule has 0 spiro atoms. The van der Waals surface area contributed by atoms with Crippen LogP contribution in [-0.4, -0.2) is 13.1 Å². The lowest BCUT2D eigenvalue weighted by atomic mass is 10.0. The number of allylic oxidation sites excluding steroid dienone is 1. The van der Waals surface area contributed by atoms with Crippen LogP contribution >= 0.6 is 0 Å². The molecule has 0 aliphatic rings. The fraction of sp³-hybridized carbons (Fsp3) is 0.700. The van der Waals surface area contributed by atoms with Crippen molar-refractivity contribution in [3.63, 3.8) is 0 Å². The zero-order valence-corrected chi connectivity index (χ0v) is 8.17. The van der Waals surface area contributed by atoms with Crippen molar-refractivity contribution in [3.8, 4) is 0 Å². The van der Waals surface area contributed by atoms with Gasteiger partial charge in [-0.05, 0) is 12.3 Å². The molecule has 0 aliphatic heterocycles. The zero-order valence-electron chi connectivity index (χ0n) is 8.17. The van der Waals surface area contributed by atoms with E-state index >= 15 is 0 Å². The van der Waals surface area contributed by atoms with Gasteiger partial charge in [0, 0.05) is 6.08 Å². The molecule has 0 aromatic carbocycles. The number of ether oxygens (including phenoxy) is 1. The lowest BCUT2D eigenvalue weighted by Gasteiger charge is -2.02. The van der Waals surface area contributed by atoms with E-state index in [0.29, 0.717) is 5.92 Å². The summed E-state index contributed by atoms with van der Waals surface area (Å²) in [7, 11) is 1.39. The molecule has 2 heteroatoms. The Labute approximate surface area is 74.6 Å². The molecule has 2 nitrogen and oxygen atoms in total. The highest BCUT2D eigenvalue weighted by Gasteiger charge is 1.97. The van der Waals surface area contributed by atoms with Gasteiger partial charge in [-0.3, -0.25) is 0 Å². The minimum atomic E-state index is -0.265. The highest BCUT2D eigenvalue weighted by molar-refractivity contribution is 5.81. The summed E-state index contributed by atoms with van der Waals surface area (Å²) < 4.78 is 4.48. The van der Waals surface area contributed by atoms with Crippen LogP contribution in [0.3, 0.4) is 0 Å². The summed E-state index contributed by atoms with van der Waals surface area (Å²) in [5, 5.41) is 0. The Morgan fingerprint density at radius 2 is 2.25 bits per heavy atom. The molecule has 0 rings (SSSR count). The fourth-order valence-electron chi connectivity index (χ4n) is 0.933. The molecule has 12 heavy (non-hydrogen) atoms. The van der Waals surface area contributed by atoms with Crippen LogP contribution in [0, 0.1) is 5.92 Å². The summed E-state index contributed by atoms with van der Waals surface area (Å²) >= 11 is 0. The van der Waals surface area contributed by atoms with Crippen LogP contribution in [-0.2, 0) is 9.53 Å². The van der Waals surface area contributed by atoms with Crippen molar-refractivity contribution in [3.05, 3.63) is 12.2 Å². The molecule has 70 valence electrons. The van der Waals surface area contributed by atoms with Crippen LogP contribution < -0.4 is 0 Å². The topological polar surface area (TPSA) is 26.3 Å². The summed E-state index contributed by atoms with van der Waals surface area (Å²) in [6.45, 7) is 4.27. The van der Waals surface area contributed by atoms with Gasteiger partial charge < -0.3 is 4.74 Å². The van der Waals surface area contributed by atoms with Crippen molar-refractivity contribution in [2.24, 2.45) is 5.92 Å². The first kappa shape index (κ1) is 11.2. The number of carbonyl (C=O) groups is 1. The monoisotopic (exact) mass is 170 g/mol. The van der Waals surface area contributed by atoms with Gasteiger partial charge in [-0.15, -0.1) is 0 Å². The Hall–Kier alpha value is -0.790. The molecule has 0 N–H and O–H groups in total. The van der Waals surface area contributed by atoms with E-state index in [4.69, 9.17) is 0 Å². The van der Waals surface area contributed by atoms with Crippen LogP contribution in [0.25, 0.3) is 0 Å². The standard InChI is InChI=1S/C10H18O2/c1-4-5-6-9(2)7-8-10(11)12-3/h7-9H,4-6H2,1-3H3. The van der Waals surface area contributed by atoms with E-state index < -0.39 is 0 Å². The maximum Gasteiger partial charge on any atom is 0.330 e. The molecule has 0 amide bonds. The molecular weight excluding hydrogens is 152 g/mol. The Kier molecular flexibility index (Phi) is 6.44. The van der Waals surface area contributed by atoms with Crippen molar-refractivity contribution >= 4 is 5.97 Å². The summed E-state index contributed by atoms with van der Waals surface area (Å²) in [5.41, 5.74) is 0. The van der Waals surface area contributed by atoms with Crippen LogP contribution in [0.5, 0.6) is 0 Å². The highest BCUT2D eigenvalue weighted by atomic mass is 16.5. The molecule has 0 aromatic heterocycles. The van der Waals surface area contributed by atoms with E-state index in [1.165, 1.54) is 26.0 Å². The average molecular weight is 170 g/mol. The predicted molar refractivity (Wildman–Crippen MR) is 49.8 cm³/mol. The Bertz CT molecular complexity index is 150. The van der Waals surface area contributed by atoms with Gasteiger partial charge in [0.1, 0.15) is 0 Å². The molecule has 1 unspecified atom stereocenters. The van der Waals surface area contributed by atoms with Crippen molar-refractivity contribution in [2.75, 3.05) is 7.11 Å². The second kappa shape index (κ2) is 6.89. The second-order valence-electron chi connectivity index (χ2n) is 3.00. The molecule has 0 bridgehead atoms. The van der Waals surface area contributed by atoms with E-state index in [1.807, 2.05) is 6.08 Å². The fourth-order valence-corrected chi connectivity index (χ4v) is 0.933. The molecule has 0 aliphatic carbocycles. The number of methoxy groups -OCH3 is 1. The van der Waals surface area contributed by atoms with Gasteiger partial charge in [-0.25, -0.2) is 4.79 Å². The molecule has 0 heterocycles. The van der Waals surface area contributed by atoms with Gasteiger partial charge in [-0.2, -0.15) is 0 Å². The smallest absolute Gasteiger partial charge is 0.330 e. The van der Waals surface area contributed by atoms with Crippen molar-refractivity contribution in [1.82, 2.24) is 0 Å². The van der Waals surface area contributed by atoms with Gasteiger partial charge in [-0.1, -0.05) is 32.8 Å². The summed E-state index contributed by atoms with van der Waals surface area (Å²) in [6.07, 6.45) is 6.97. The Morgan fingerprint density at radius 1 is 1.58 bits per heavy atom. The maximum absolute atomic E-state index is 10.7. The van der Waals surface area contributed by atoms with Gasteiger partial charge >= 0.3 is 5.97 Å². The van der Waals surface area contributed by atoms with Gasteiger partial charge in [0.25, 0.3) is 0 Å². The molecule has 0 saturated carbocycles. The lowest BCUT2D eigenvalue weighted by molar-refractivity contribution is -0.134. The molecular formula is C10H18O2. The summed E-state index contributed by atoms with van der Waals surface area (Å²) in [6, 6.07) is 0. The first-order chi connectivity index (χ1) is 5.70. The highest BCUT2D eigenvalue weighted by Crippen LogP contribution is 2.08. The SMILES string of the molecule is CCCCC(C)C=CC(=O)OC. The van der Waals surface area contributed by atoms with Crippen LogP contribution in [0.15, 0.2) is 12.2 Å². The predicted octanol–water partition coefficient (Wildman–Crippen LogP) is 2.54. The van der Waals surface area contributed by atoms with Crippen LogP contribution in [0.1, 0.15) is 33.1 Å². The number of hydrogen-bond acceptors (Lipinski definition) is 2. The van der Waals surface area contributed by atoms with Crippen LogP contribution in [0.2, 0.25) is 0 Å². The van der Waals surface area contributed by atoms with E-state index in [9.17, 15) is 4.79 Å². The Balaban J connectivity index is 3.59. The third-order valence-electron chi connectivity index (χ3n) is 1.78. The normalized spacial score (nSPS) is 13.2. The third kappa shape index (κ3) is 5.96. The number of unbranched alkanes of at least 4 members (excludes halogenated alkanes) is 1. The third-order valence-corrected chi connectivity index (χ3v) is 1.78. The van der Waals surface area contributed by atoms with E-state index in [2.05, 4.69) is 18.6 Å². The molecule has 0 radical (unpaired) electrons. The summed E-state index contributed by atoms with van der Waals surface area (Å²) in [5.74, 6) is 0.211. The quantitative estimate of drug-likeness (QED) is 0.468. The van der Waals surface area contributed by atoms with E-state index in [-0.39, 0.29) is 5.97 Å². The Morgan fingerprint density at radius 3 is 2.75 bits per heavy atom. The second-order valence-corrected chi connectivity index (χ2v) is 3.00. The molecule has 0 aromatic rings. The zero-order chi connectivity index (χ0) is 9.40. The molecule has 0 saturated heterocycles. The molecule has 1 atom stereocenters. The summed E-state index contributed by atoms with van der Waals surface area (Å²) in [4.78, 5) is 10.7. The maximum atomic E-state index is 10.7. The first-order valence-corrected chi connectivity index (χ1v) is 4.46. The van der Waals surface area contributed by atoms with Crippen molar-refractivity contribution in [1.29, 1.82) is 0 Å². The molecule has 0 fully saturated rings. The minimum absolute atomic E-state index is 0.265. The van der Waals surface area contributed by atoms with Gasteiger partial charge in [0.15, 0.2) is 0 Å². The number of esters is 1. The average Bonchev–Trinajstić information content (AvgIpc) is 2.10. The minimum Gasteiger partial charge on any atom is -0.466 e. The van der Waals surface area contributed by atoms with E-state index in [1.54, 1.807) is 0 Å². The lowest BCUT2D eigenvalue weighted by Crippen LogP contribution is -1.96. The number of hydrogen-bond donors (Lipinski definition) is 0. The van der Waals surface area contributed by atoms with Crippen molar-refractivity contribution in [2.45, 2.75) is 33.1 Å². The first-order valence-electron chi connectivity index (χ1n) is 4.46. The van der Waals surface area contributed by atoms with Gasteiger partial charge in [0.05, 0.1) is 7.11 Å². The number of carbonyl (C=O) groups excluding carboxylic acids is 1. The van der Waals surface area contributed by atoms with Gasteiger partial charge in [0.2, 0.25) is 0 Å². The largest absolute Gasteiger partial charge is 0.466 e. The van der Waals surface area contributed by atoms with E-state index in [0.717, 1.165) is 6.42 Å².